The average Bonchev–Trinajstić information content (AvgIpc) is 3.15. The lowest BCUT2D eigenvalue weighted by atomic mass is 10.1. The van der Waals surface area contributed by atoms with Crippen LogP contribution < -0.4 is 4.80 Å². The van der Waals surface area contributed by atoms with Crippen LogP contribution in [0.5, 0.6) is 0 Å². The van der Waals surface area contributed by atoms with Crippen molar-refractivity contribution in [2.75, 3.05) is 0 Å². The van der Waals surface area contributed by atoms with Crippen molar-refractivity contribution >= 4 is 17.0 Å². The van der Waals surface area contributed by atoms with E-state index in [9.17, 15) is 0 Å². The minimum atomic E-state index is 0.969. The van der Waals surface area contributed by atoms with Crippen molar-refractivity contribution in [3.05, 3.63) is 63.9 Å². The van der Waals surface area contributed by atoms with Gasteiger partial charge in [-0.1, -0.05) is 6.07 Å². The lowest BCUT2D eigenvalue weighted by Crippen LogP contribution is -2.17. The molecular formula is C18H22N4S. The SMILES string of the molecule is Cc1ccc(N=c2scc(C)n2CCCn2ccnc2)cc1C. The second-order valence-corrected chi connectivity index (χ2v) is 6.68. The van der Waals surface area contributed by atoms with E-state index in [0.717, 1.165) is 30.0 Å². The predicted octanol–water partition coefficient (Wildman–Crippen LogP) is 3.99. The standard InChI is InChI=1S/C18H22N4S/c1-14-5-6-17(11-15(14)2)20-18-22(16(3)12-23-18)9-4-8-21-10-7-19-13-21/h5-7,10-13H,4,8-9H2,1-3H3. The van der Waals surface area contributed by atoms with E-state index in [4.69, 9.17) is 4.99 Å². The lowest BCUT2D eigenvalue weighted by Gasteiger charge is -2.07. The molecule has 0 aliphatic carbocycles. The molecule has 3 aromatic rings. The highest BCUT2D eigenvalue weighted by molar-refractivity contribution is 7.07. The number of thiazole rings is 1. The van der Waals surface area contributed by atoms with Crippen LogP contribution in [0.25, 0.3) is 0 Å². The van der Waals surface area contributed by atoms with Gasteiger partial charge in [0.05, 0.1) is 12.0 Å². The topological polar surface area (TPSA) is 35.1 Å². The van der Waals surface area contributed by atoms with Crippen molar-refractivity contribution in [3.8, 4) is 0 Å². The summed E-state index contributed by atoms with van der Waals surface area (Å²) in [6, 6.07) is 6.38. The van der Waals surface area contributed by atoms with Gasteiger partial charge in [-0.25, -0.2) is 9.98 Å². The van der Waals surface area contributed by atoms with Crippen molar-refractivity contribution in [1.29, 1.82) is 0 Å². The Morgan fingerprint density at radius 3 is 2.74 bits per heavy atom. The van der Waals surface area contributed by atoms with Crippen LogP contribution in [0.1, 0.15) is 23.2 Å². The quantitative estimate of drug-likeness (QED) is 0.698. The highest BCUT2D eigenvalue weighted by Crippen LogP contribution is 2.17. The Balaban J connectivity index is 1.80. The molecule has 3 rings (SSSR count). The first-order chi connectivity index (χ1) is 11.1. The van der Waals surface area contributed by atoms with Crippen LogP contribution in [-0.2, 0) is 13.1 Å². The number of imidazole rings is 1. The van der Waals surface area contributed by atoms with Gasteiger partial charge in [0.2, 0.25) is 0 Å². The monoisotopic (exact) mass is 326 g/mol. The van der Waals surface area contributed by atoms with Gasteiger partial charge in [0.15, 0.2) is 4.80 Å². The fourth-order valence-electron chi connectivity index (χ4n) is 2.51. The van der Waals surface area contributed by atoms with E-state index < -0.39 is 0 Å². The summed E-state index contributed by atoms with van der Waals surface area (Å²) in [5.74, 6) is 0. The maximum Gasteiger partial charge on any atom is 0.190 e. The molecule has 0 spiro atoms. The molecule has 0 saturated carbocycles. The fraction of sp³-hybridized carbons (Fsp3) is 0.333. The Hall–Kier alpha value is -2.14. The smallest absolute Gasteiger partial charge is 0.190 e. The Morgan fingerprint density at radius 2 is 2.00 bits per heavy atom. The van der Waals surface area contributed by atoms with Crippen molar-refractivity contribution in [2.45, 2.75) is 40.3 Å². The third kappa shape index (κ3) is 3.79. The number of rotatable bonds is 5. The minimum absolute atomic E-state index is 0.969. The molecule has 2 heterocycles. The largest absolute Gasteiger partial charge is 0.337 e. The molecular weight excluding hydrogens is 304 g/mol. The third-order valence-corrected chi connectivity index (χ3v) is 5.05. The zero-order valence-corrected chi connectivity index (χ0v) is 14.7. The minimum Gasteiger partial charge on any atom is -0.337 e. The van der Waals surface area contributed by atoms with Crippen LogP contribution in [-0.4, -0.2) is 14.1 Å². The molecule has 0 atom stereocenters. The molecule has 0 radical (unpaired) electrons. The maximum atomic E-state index is 4.84. The first kappa shape index (κ1) is 15.7. The molecule has 0 saturated heterocycles. The van der Waals surface area contributed by atoms with Crippen LogP contribution >= 0.6 is 11.3 Å². The molecule has 2 aromatic heterocycles. The summed E-state index contributed by atoms with van der Waals surface area (Å²) in [5.41, 5.74) is 4.88. The molecule has 4 nitrogen and oxygen atoms in total. The highest BCUT2D eigenvalue weighted by Gasteiger charge is 2.02. The molecule has 0 aliphatic rings. The van der Waals surface area contributed by atoms with E-state index in [0.29, 0.717) is 0 Å². The van der Waals surface area contributed by atoms with E-state index in [1.807, 2.05) is 18.7 Å². The van der Waals surface area contributed by atoms with Gasteiger partial charge in [-0.05, 0) is 50.5 Å². The zero-order valence-electron chi connectivity index (χ0n) is 13.9. The summed E-state index contributed by atoms with van der Waals surface area (Å²) in [6.07, 6.45) is 6.76. The number of benzene rings is 1. The van der Waals surface area contributed by atoms with Crippen molar-refractivity contribution in [2.24, 2.45) is 4.99 Å². The summed E-state index contributed by atoms with van der Waals surface area (Å²) < 4.78 is 4.42. The number of aromatic nitrogens is 3. The normalized spacial score (nSPS) is 12.0. The Bertz CT molecular complexity index is 840. The predicted molar refractivity (Wildman–Crippen MR) is 95.0 cm³/mol. The van der Waals surface area contributed by atoms with Crippen molar-refractivity contribution < 1.29 is 0 Å². The van der Waals surface area contributed by atoms with Gasteiger partial charge in [-0.3, -0.25) is 0 Å². The Kier molecular flexibility index (Phi) is 4.76. The van der Waals surface area contributed by atoms with E-state index in [1.165, 1.54) is 16.8 Å². The Morgan fingerprint density at radius 1 is 1.13 bits per heavy atom. The van der Waals surface area contributed by atoms with Gasteiger partial charge in [-0.2, -0.15) is 0 Å². The van der Waals surface area contributed by atoms with Crippen LogP contribution in [0.15, 0.2) is 47.3 Å². The maximum absolute atomic E-state index is 4.84. The van der Waals surface area contributed by atoms with Gasteiger partial charge in [0.25, 0.3) is 0 Å². The van der Waals surface area contributed by atoms with Gasteiger partial charge < -0.3 is 9.13 Å². The molecule has 120 valence electrons. The van der Waals surface area contributed by atoms with Crippen molar-refractivity contribution in [1.82, 2.24) is 14.1 Å². The molecule has 5 heteroatoms. The summed E-state index contributed by atoms with van der Waals surface area (Å²) in [6.45, 7) is 8.35. The average molecular weight is 326 g/mol. The first-order valence-electron chi connectivity index (χ1n) is 7.86. The van der Waals surface area contributed by atoms with E-state index in [1.54, 1.807) is 11.3 Å². The second kappa shape index (κ2) is 6.96. The van der Waals surface area contributed by atoms with Gasteiger partial charge in [0, 0.05) is 36.6 Å². The Labute approximate surface area is 140 Å². The number of nitrogens with zero attached hydrogens (tertiary/aromatic N) is 4. The van der Waals surface area contributed by atoms with Gasteiger partial charge in [0.1, 0.15) is 0 Å². The fourth-order valence-corrected chi connectivity index (χ4v) is 3.43. The van der Waals surface area contributed by atoms with Crippen LogP contribution in [0.3, 0.4) is 0 Å². The molecule has 0 amide bonds. The third-order valence-electron chi connectivity index (χ3n) is 4.06. The first-order valence-corrected chi connectivity index (χ1v) is 8.74. The van der Waals surface area contributed by atoms with Crippen LogP contribution in [0, 0.1) is 20.8 Å². The summed E-state index contributed by atoms with van der Waals surface area (Å²) >= 11 is 1.71. The highest BCUT2D eigenvalue weighted by atomic mass is 32.1. The summed E-state index contributed by atoms with van der Waals surface area (Å²) in [5, 5.41) is 2.18. The molecule has 0 N–H and O–H groups in total. The lowest BCUT2D eigenvalue weighted by molar-refractivity contribution is 0.548. The van der Waals surface area contributed by atoms with E-state index in [-0.39, 0.29) is 0 Å². The molecule has 0 fully saturated rings. The zero-order chi connectivity index (χ0) is 16.2. The second-order valence-electron chi connectivity index (χ2n) is 5.85. The molecule has 1 aromatic carbocycles. The van der Waals surface area contributed by atoms with Gasteiger partial charge >= 0.3 is 0 Å². The number of aryl methyl sites for hydroxylation is 4. The summed E-state index contributed by atoms with van der Waals surface area (Å²) in [7, 11) is 0. The summed E-state index contributed by atoms with van der Waals surface area (Å²) in [4.78, 5) is 9.99. The molecule has 0 aliphatic heterocycles. The van der Waals surface area contributed by atoms with Crippen LogP contribution in [0.2, 0.25) is 0 Å². The van der Waals surface area contributed by atoms with Crippen LogP contribution in [0.4, 0.5) is 5.69 Å². The van der Waals surface area contributed by atoms with Crippen molar-refractivity contribution in [3.63, 3.8) is 0 Å². The molecule has 0 bridgehead atoms. The van der Waals surface area contributed by atoms with E-state index >= 15 is 0 Å². The molecule has 0 unspecified atom stereocenters. The molecule has 23 heavy (non-hydrogen) atoms. The van der Waals surface area contributed by atoms with Gasteiger partial charge in [-0.15, -0.1) is 11.3 Å². The van der Waals surface area contributed by atoms with E-state index in [2.05, 4.69) is 58.5 Å². The number of hydrogen-bond acceptors (Lipinski definition) is 3. The number of hydrogen-bond donors (Lipinski definition) is 0.